The summed E-state index contributed by atoms with van der Waals surface area (Å²) in [6, 6.07) is 4.82. The molecule has 2 amide bonds. The highest BCUT2D eigenvalue weighted by Crippen LogP contribution is 2.25. The summed E-state index contributed by atoms with van der Waals surface area (Å²) >= 11 is 12.1. The van der Waals surface area contributed by atoms with Gasteiger partial charge in [0.25, 0.3) is 0 Å². The Morgan fingerprint density at radius 1 is 1.12 bits per heavy atom. The number of nitrogens with one attached hydrogen (secondary N) is 2. The fraction of sp³-hybridized carbons (Fsp3) is 0.556. The van der Waals surface area contributed by atoms with E-state index < -0.39 is 0 Å². The van der Waals surface area contributed by atoms with Gasteiger partial charge in [-0.05, 0) is 39.0 Å². The minimum Gasteiger partial charge on any atom is -0.353 e. The first-order valence-corrected chi connectivity index (χ1v) is 9.53. The lowest BCUT2D eigenvalue weighted by Gasteiger charge is -2.37. The molecule has 1 atom stereocenters. The summed E-state index contributed by atoms with van der Waals surface area (Å²) in [7, 11) is 0. The Bertz CT molecular complexity index is 646. The van der Waals surface area contributed by atoms with Gasteiger partial charge >= 0.3 is 0 Å². The maximum atomic E-state index is 12.5. The normalized spacial score (nSPS) is 17.2. The largest absolute Gasteiger partial charge is 0.353 e. The predicted molar refractivity (Wildman–Crippen MR) is 106 cm³/mol. The molecule has 0 saturated carbocycles. The summed E-state index contributed by atoms with van der Waals surface area (Å²) in [6.07, 6.45) is 0. The van der Waals surface area contributed by atoms with E-state index in [4.69, 9.17) is 23.2 Å². The van der Waals surface area contributed by atoms with Crippen molar-refractivity contribution in [3.63, 3.8) is 0 Å². The minimum atomic E-state index is -0.295. The van der Waals surface area contributed by atoms with Crippen LogP contribution < -0.4 is 10.6 Å². The van der Waals surface area contributed by atoms with Crippen LogP contribution in [0.15, 0.2) is 18.2 Å². The average molecular weight is 401 g/mol. The van der Waals surface area contributed by atoms with Crippen LogP contribution in [0.25, 0.3) is 0 Å². The molecule has 1 aromatic carbocycles. The van der Waals surface area contributed by atoms with E-state index in [-0.39, 0.29) is 23.9 Å². The number of rotatable bonds is 6. The van der Waals surface area contributed by atoms with Crippen LogP contribution in [0.3, 0.4) is 0 Å². The number of nitrogens with zero attached hydrogens (tertiary/aromatic N) is 2. The van der Waals surface area contributed by atoms with Crippen LogP contribution in [0.2, 0.25) is 10.0 Å². The molecule has 2 rings (SSSR count). The number of anilines is 1. The lowest BCUT2D eigenvalue weighted by Crippen LogP contribution is -2.54. The van der Waals surface area contributed by atoms with Gasteiger partial charge in [-0.25, -0.2) is 0 Å². The molecular weight excluding hydrogens is 375 g/mol. The van der Waals surface area contributed by atoms with Crippen molar-refractivity contribution >= 4 is 40.7 Å². The highest BCUT2D eigenvalue weighted by molar-refractivity contribution is 6.35. The van der Waals surface area contributed by atoms with Crippen molar-refractivity contribution in [2.24, 2.45) is 0 Å². The molecule has 0 aromatic heterocycles. The minimum absolute atomic E-state index is 0.0369. The van der Waals surface area contributed by atoms with E-state index in [1.54, 1.807) is 18.2 Å². The SMILES string of the molecule is CC(C)NC(=O)CN1CCN([C@@H](C)C(=O)Nc2cc(Cl)ccc2Cl)CC1. The van der Waals surface area contributed by atoms with E-state index in [9.17, 15) is 9.59 Å². The molecule has 26 heavy (non-hydrogen) atoms. The van der Waals surface area contributed by atoms with Crippen molar-refractivity contribution in [2.75, 3.05) is 38.0 Å². The third-order valence-corrected chi connectivity index (χ3v) is 4.90. The van der Waals surface area contributed by atoms with Gasteiger partial charge in [-0.2, -0.15) is 0 Å². The molecule has 144 valence electrons. The van der Waals surface area contributed by atoms with Crippen LogP contribution in [0.4, 0.5) is 5.69 Å². The number of benzene rings is 1. The molecule has 1 aliphatic heterocycles. The molecular formula is C18H26Cl2N4O2. The predicted octanol–water partition coefficient (Wildman–Crippen LogP) is 2.46. The summed E-state index contributed by atoms with van der Waals surface area (Å²) in [6.45, 7) is 9.12. The first kappa shape index (κ1) is 21.0. The van der Waals surface area contributed by atoms with Crippen LogP contribution >= 0.6 is 23.2 Å². The number of carbonyl (C=O) groups is 2. The van der Waals surface area contributed by atoms with E-state index in [1.165, 1.54) is 0 Å². The Morgan fingerprint density at radius 3 is 2.38 bits per heavy atom. The number of hydrogen-bond acceptors (Lipinski definition) is 4. The number of carbonyl (C=O) groups excluding carboxylic acids is 2. The first-order valence-electron chi connectivity index (χ1n) is 8.78. The topological polar surface area (TPSA) is 64.7 Å². The zero-order valence-corrected chi connectivity index (χ0v) is 16.9. The molecule has 0 spiro atoms. The van der Waals surface area contributed by atoms with Gasteiger partial charge in [0.15, 0.2) is 0 Å². The van der Waals surface area contributed by atoms with Crippen molar-refractivity contribution in [1.82, 2.24) is 15.1 Å². The van der Waals surface area contributed by atoms with Gasteiger partial charge in [-0.3, -0.25) is 19.4 Å². The highest BCUT2D eigenvalue weighted by Gasteiger charge is 2.26. The van der Waals surface area contributed by atoms with Gasteiger partial charge in [0.1, 0.15) is 0 Å². The van der Waals surface area contributed by atoms with Crippen LogP contribution in [0.1, 0.15) is 20.8 Å². The van der Waals surface area contributed by atoms with E-state index in [0.29, 0.717) is 22.3 Å². The van der Waals surface area contributed by atoms with Crippen molar-refractivity contribution in [3.05, 3.63) is 28.2 Å². The highest BCUT2D eigenvalue weighted by atomic mass is 35.5. The molecule has 1 saturated heterocycles. The Balaban J connectivity index is 1.83. The second-order valence-electron chi connectivity index (χ2n) is 6.82. The van der Waals surface area contributed by atoms with Crippen LogP contribution in [0, 0.1) is 0 Å². The third-order valence-electron chi connectivity index (χ3n) is 4.34. The summed E-state index contributed by atoms with van der Waals surface area (Å²) in [5.74, 6) is -0.0880. The standard InChI is InChI=1S/C18H26Cl2N4O2/c1-12(2)21-17(25)11-23-6-8-24(9-7-23)13(3)18(26)22-16-10-14(19)4-5-15(16)20/h4-5,10,12-13H,6-9,11H2,1-3H3,(H,21,25)(H,22,26)/t13-/m0/s1. The molecule has 1 aliphatic rings. The molecule has 0 radical (unpaired) electrons. The van der Waals surface area contributed by atoms with E-state index >= 15 is 0 Å². The third kappa shape index (κ3) is 6.13. The zero-order chi connectivity index (χ0) is 19.3. The van der Waals surface area contributed by atoms with E-state index in [0.717, 1.165) is 26.2 Å². The van der Waals surface area contributed by atoms with Gasteiger partial charge in [0.2, 0.25) is 11.8 Å². The van der Waals surface area contributed by atoms with Gasteiger partial charge in [-0.15, -0.1) is 0 Å². The number of amides is 2. The van der Waals surface area contributed by atoms with Gasteiger partial charge < -0.3 is 10.6 Å². The van der Waals surface area contributed by atoms with Crippen molar-refractivity contribution in [1.29, 1.82) is 0 Å². The van der Waals surface area contributed by atoms with E-state index in [1.807, 2.05) is 20.8 Å². The lowest BCUT2D eigenvalue weighted by molar-refractivity contribution is -0.125. The number of halogens is 2. The Morgan fingerprint density at radius 2 is 1.77 bits per heavy atom. The summed E-state index contributed by atoms with van der Waals surface area (Å²) in [5, 5.41) is 6.71. The fourth-order valence-electron chi connectivity index (χ4n) is 2.88. The summed E-state index contributed by atoms with van der Waals surface area (Å²) < 4.78 is 0. The van der Waals surface area contributed by atoms with Crippen LogP contribution in [-0.2, 0) is 9.59 Å². The lowest BCUT2D eigenvalue weighted by atomic mass is 10.2. The maximum absolute atomic E-state index is 12.5. The second kappa shape index (κ2) is 9.55. The van der Waals surface area contributed by atoms with Crippen LogP contribution in [0.5, 0.6) is 0 Å². The fourth-order valence-corrected chi connectivity index (χ4v) is 3.21. The quantitative estimate of drug-likeness (QED) is 0.769. The Hall–Kier alpha value is -1.34. The molecule has 0 unspecified atom stereocenters. The number of hydrogen-bond donors (Lipinski definition) is 2. The van der Waals surface area contributed by atoms with Crippen LogP contribution in [-0.4, -0.2) is 66.4 Å². The number of piperazine rings is 1. The molecule has 1 heterocycles. The second-order valence-corrected chi connectivity index (χ2v) is 7.67. The zero-order valence-electron chi connectivity index (χ0n) is 15.4. The Labute approximate surface area is 164 Å². The van der Waals surface area contributed by atoms with E-state index in [2.05, 4.69) is 20.4 Å². The van der Waals surface area contributed by atoms with Gasteiger partial charge in [0.05, 0.1) is 23.3 Å². The van der Waals surface area contributed by atoms with Crippen molar-refractivity contribution in [2.45, 2.75) is 32.9 Å². The molecule has 0 aliphatic carbocycles. The molecule has 1 fully saturated rings. The molecule has 8 heteroatoms. The monoisotopic (exact) mass is 400 g/mol. The Kier molecular flexibility index (Phi) is 7.70. The molecule has 6 nitrogen and oxygen atoms in total. The van der Waals surface area contributed by atoms with Gasteiger partial charge in [-0.1, -0.05) is 23.2 Å². The molecule has 1 aromatic rings. The molecule has 0 bridgehead atoms. The first-order chi connectivity index (χ1) is 12.3. The van der Waals surface area contributed by atoms with Crippen molar-refractivity contribution < 1.29 is 9.59 Å². The molecule has 2 N–H and O–H groups in total. The summed E-state index contributed by atoms with van der Waals surface area (Å²) in [5.41, 5.74) is 0.514. The smallest absolute Gasteiger partial charge is 0.241 e. The summed E-state index contributed by atoms with van der Waals surface area (Å²) in [4.78, 5) is 28.6. The van der Waals surface area contributed by atoms with Gasteiger partial charge in [0, 0.05) is 37.2 Å². The average Bonchev–Trinajstić information content (AvgIpc) is 2.57. The van der Waals surface area contributed by atoms with Crippen molar-refractivity contribution in [3.8, 4) is 0 Å². The maximum Gasteiger partial charge on any atom is 0.241 e.